The van der Waals surface area contributed by atoms with Gasteiger partial charge in [0.15, 0.2) is 0 Å². The quantitative estimate of drug-likeness (QED) is 0.894. The lowest BCUT2D eigenvalue weighted by molar-refractivity contribution is 0.318. The summed E-state index contributed by atoms with van der Waals surface area (Å²) in [6.45, 7) is 3.92. The molecule has 2 rings (SSSR count). The molecule has 0 aliphatic rings. The van der Waals surface area contributed by atoms with Gasteiger partial charge in [0.1, 0.15) is 5.82 Å². The number of rotatable bonds is 4. The molecule has 0 aliphatic carbocycles. The van der Waals surface area contributed by atoms with Gasteiger partial charge in [0, 0.05) is 19.3 Å². The maximum atomic E-state index is 5.57. The first-order valence-corrected chi connectivity index (χ1v) is 6.08. The minimum atomic E-state index is 0.569. The lowest BCUT2D eigenvalue weighted by atomic mass is 10.1. The number of nitrogens with two attached hydrogens (primary N) is 1. The van der Waals surface area contributed by atoms with E-state index < -0.39 is 0 Å². The average molecular weight is 241 g/mol. The van der Waals surface area contributed by atoms with Crippen LogP contribution in [0, 0.1) is 6.92 Å². The number of anilines is 1. The van der Waals surface area contributed by atoms with Crippen LogP contribution in [0.4, 0.5) is 5.82 Å². The van der Waals surface area contributed by atoms with Crippen LogP contribution < -0.4 is 5.73 Å². The molecule has 18 heavy (non-hydrogen) atoms. The maximum Gasteiger partial charge on any atom is 0.123 e. The molecule has 3 nitrogen and oxygen atoms in total. The van der Waals surface area contributed by atoms with Crippen molar-refractivity contribution in [1.82, 2.24) is 9.88 Å². The summed E-state index contributed by atoms with van der Waals surface area (Å²) in [5.74, 6) is 0.569. The van der Waals surface area contributed by atoms with Crippen molar-refractivity contribution in [3.63, 3.8) is 0 Å². The Hall–Kier alpha value is -1.87. The van der Waals surface area contributed by atoms with Gasteiger partial charge in [-0.3, -0.25) is 4.90 Å². The van der Waals surface area contributed by atoms with Crippen LogP contribution in [0.2, 0.25) is 0 Å². The number of aromatic nitrogens is 1. The Morgan fingerprint density at radius 2 is 1.61 bits per heavy atom. The van der Waals surface area contributed by atoms with E-state index in [-0.39, 0.29) is 0 Å². The number of nitrogen functional groups attached to an aromatic ring is 1. The van der Waals surface area contributed by atoms with Crippen LogP contribution in [0.25, 0.3) is 0 Å². The highest BCUT2D eigenvalue weighted by Gasteiger charge is 2.02. The average Bonchev–Trinajstić information content (AvgIpc) is 2.35. The summed E-state index contributed by atoms with van der Waals surface area (Å²) in [6.07, 6.45) is 1.83. The van der Waals surface area contributed by atoms with Crippen LogP contribution in [-0.2, 0) is 13.1 Å². The molecule has 0 saturated carbocycles. The molecule has 0 amide bonds. The minimum Gasteiger partial charge on any atom is -0.384 e. The van der Waals surface area contributed by atoms with Gasteiger partial charge >= 0.3 is 0 Å². The predicted octanol–water partition coefficient (Wildman–Crippen LogP) is 2.60. The Morgan fingerprint density at radius 3 is 2.22 bits per heavy atom. The van der Waals surface area contributed by atoms with E-state index in [1.807, 2.05) is 18.3 Å². The number of pyridine rings is 1. The Bertz CT molecular complexity index is 441. The Labute approximate surface area is 108 Å². The third-order valence-electron chi connectivity index (χ3n) is 2.87. The van der Waals surface area contributed by atoms with Crippen molar-refractivity contribution in [2.75, 3.05) is 12.8 Å². The van der Waals surface area contributed by atoms with Gasteiger partial charge in [0.2, 0.25) is 0 Å². The molecule has 0 aliphatic heterocycles. The summed E-state index contributed by atoms with van der Waals surface area (Å²) in [6, 6.07) is 12.5. The van der Waals surface area contributed by atoms with Crippen molar-refractivity contribution in [2.45, 2.75) is 20.0 Å². The number of hydrogen-bond acceptors (Lipinski definition) is 3. The van der Waals surface area contributed by atoms with Gasteiger partial charge in [0.05, 0.1) is 0 Å². The highest BCUT2D eigenvalue weighted by molar-refractivity contribution is 5.29. The van der Waals surface area contributed by atoms with Crippen LogP contribution in [0.1, 0.15) is 16.7 Å². The van der Waals surface area contributed by atoms with Crippen molar-refractivity contribution in [3.05, 3.63) is 59.3 Å². The smallest absolute Gasteiger partial charge is 0.123 e. The molecule has 0 radical (unpaired) electrons. The monoisotopic (exact) mass is 241 g/mol. The van der Waals surface area contributed by atoms with Gasteiger partial charge in [-0.1, -0.05) is 35.9 Å². The zero-order valence-electron chi connectivity index (χ0n) is 10.9. The van der Waals surface area contributed by atoms with Gasteiger partial charge in [-0.15, -0.1) is 0 Å². The molecule has 0 fully saturated rings. The molecule has 94 valence electrons. The predicted molar refractivity (Wildman–Crippen MR) is 75.0 cm³/mol. The maximum absolute atomic E-state index is 5.57. The van der Waals surface area contributed by atoms with Crippen LogP contribution in [0.5, 0.6) is 0 Å². The third-order valence-corrected chi connectivity index (χ3v) is 2.87. The van der Waals surface area contributed by atoms with E-state index in [4.69, 9.17) is 5.73 Å². The second-order valence-corrected chi connectivity index (χ2v) is 4.75. The van der Waals surface area contributed by atoms with Crippen LogP contribution >= 0.6 is 0 Å². The number of nitrogens with zero attached hydrogens (tertiary/aromatic N) is 2. The molecule has 0 bridgehead atoms. The molecular formula is C15H19N3. The van der Waals surface area contributed by atoms with Gasteiger partial charge in [-0.2, -0.15) is 0 Å². The standard InChI is InChI=1S/C15H19N3/c1-12-3-5-13(6-4-12)10-18(2)11-14-7-8-15(16)17-9-14/h3-9H,10-11H2,1-2H3,(H2,16,17). The van der Waals surface area contributed by atoms with E-state index in [0.717, 1.165) is 13.1 Å². The molecule has 1 heterocycles. The Morgan fingerprint density at radius 1 is 1.00 bits per heavy atom. The van der Waals surface area contributed by atoms with Crippen molar-refractivity contribution in [1.29, 1.82) is 0 Å². The van der Waals surface area contributed by atoms with E-state index in [1.165, 1.54) is 16.7 Å². The molecule has 0 unspecified atom stereocenters. The molecule has 1 aromatic carbocycles. The van der Waals surface area contributed by atoms with E-state index in [9.17, 15) is 0 Å². The van der Waals surface area contributed by atoms with Gasteiger partial charge in [0.25, 0.3) is 0 Å². The molecular weight excluding hydrogens is 222 g/mol. The molecule has 0 spiro atoms. The molecule has 0 atom stereocenters. The van der Waals surface area contributed by atoms with Crippen molar-refractivity contribution in [3.8, 4) is 0 Å². The second-order valence-electron chi connectivity index (χ2n) is 4.75. The number of benzene rings is 1. The van der Waals surface area contributed by atoms with Gasteiger partial charge < -0.3 is 5.73 Å². The van der Waals surface area contributed by atoms with E-state index >= 15 is 0 Å². The fourth-order valence-electron chi connectivity index (χ4n) is 1.90. The summed E-state index contributed by atoms with van der Waals surface area (Å²) in [4.78, 5) is 6.36. The second kappa shape index (κ2) is 5.65. The fourth-order valence-corrected chi connectivity index (χ4v) is 1.90. The summed E-state index contributed by atoms with van der Waals surface area (Å²) in [7, 11) is 2.11. The summed E-state index contributed by atoms with van der Waals surface area (Å²) in [5, 5.41) is 0. The molecule has 1 aromatic heterocycles. The summed E-state index contributed by atoms with van der Waals surface area (Å²) < 4.78 is 0. The van der Waals surface area contributed by atoms with Gasteiger partial charge in [-0.05, 0) is 31.2 Å². The lowest BCUT2D eigenvalue weighted by Gasteiger charge is -2.16. The van der Waals surface area contributed by atoms with Crippen molar-refractivity contribution in [2.24, 2.45) is 0 Å². The molecule has 2 aromatic rings. The summed E-state index contributed by atoms with van der Waals surface area (Å²) >= 11 is 0. The topological polar surface area (TPSA) is 42.1 Å². The summed E-state index contributed by atoms with van der Waals surface area (Å²) in [5.41, 5.74) is 9.37. The zero-order chi connectivity index (χ0) is 13.0. The lowest BCUT2D eigenvalue weighted by Crippen LogP contribution is -2.17. The number of hydrogen-bond donors (Lipinski definition) is 1. The first-order valence-electron chi connectivity index (χ1n) is 6.08. The van der Waals surface area contributed by atoms with E-state index in [2.05, 4.69) is 48.1 Å². The Balaban J connectivity index is 1.94. The van der Waals surface area contributed by atoms with E-state index in [1.54, 1.807) is 0 Å². The normalized spacial score (nSPS) is 10.8. The highest BCUT2D eigenvalue weighted by atomic mass is 15.1. The molecule has 0 saturated heterocycles. The molecule has 2 N–H and O–H groups in total. The zero-order valence-corrected chi connectivity index (χ0v) is 10.9. The van der Waals surface area contributed by atoms with Crippen LogP contribution in [0.15, 0.2) is 42.6 Å². The first-order chi connectivity index (χ1) is 8.63. The van der Waals surface area contributed by atoms with Crippen LogP contribution in [-0.4, -0.2) is 16.9 Å². The SMILES string of the molecule is Cc1ccc(CN(C)Cc2ccc(N)nc2)cc1. The third kappa shape index (κ3) is 3.57. The number of aryl methyl sites for hydroxylation is 1. The van der Waals surface area contributed by atoms with Crippen LogP contribution in [0.3, 0.4) is 0 Å². The van der Waals surface area contributed by atoms with Crippen molar-refractivity contribution >= 4 is 5.82 Å². The Kier molecular flexibility index (Phi) is 3.95. The highest BCUT2D eigenvalue weighted by Crippen LogP contribution is 2.09. The minimum absolute atomic E-state index is 0.569. The fraction of sp³-hybridized carbons (Fsp3) is 0.267. The van der Waals surface area contributed by atoms with E-state index in [0.29, 0.717) is 5.82 Å². The first kappa shape index (κ1) is 12.6. The van der Waals surface area contributed by atoms with Gasteiger partial charge in [-0.25, -0.2) is 4.98 Å². The molecule has 3 heteroatoms. The van der Waals surface area contributed by atoms with Crippen molar-refractivity contribution < 1.29 is 0 Å². The largest absolute Gasteiger partial charge is 0.384 e.